The van der Waals surface area contributed by atoms with Gasteiger partial charge in [-0.25, -0.2) is 9.59 Å². The van der Waals surface area contributed by atoms with E-state index in [1.165, 1.54) is 4.90 Å². The Morgan fingerprint density at radius 3 is 2.69 bits per heavy atom. The summed E-state index contributed by atoms with van der Waals surface area (Å²) in [5.41, 5.74) is 0. The van der Waals surface area contributed by atoms with Crippen molar-refractivity contribution in [2.75, 3.05) is 13.1 Å². The van der Waals surface area contributed by atoms with Crippen LogP contribution in [0.5, 0.6) is 0 Å². The lowest BCUT2D eigenvalue weighted by Gasteiger charge is -2.20. The molecule has 16 heavy (non-hydrogen) atoms. The number of amides is 2. The number of rotatable bonds is 4. The van der Waals surface area contributed by atoms with E-state index < -0.39 is 24.1 Å². The number of carbonyl (C=O) groups is 2. The molecule has 1 fully saturated rings. The van der Waals surface area contributed by atoms with Crippen LogP contribution in [0, 0.1) is 0 Å². The zero-order valence-corrected chi connectivity index (χ0v) is 9.35. The number of aliphatic hydroxyl groups is 1. The second kappa shape index (κ2) is 5.69. The van der Waals surface area contributed by atoms with Gasteiger partial charge in [0.1, 0.15) is 6.04 Å². The number of aliphatic hydroxyl groups excluding tert-OH is 1. The second-order valence-electron chi connectivity index (χ2n) is 4.02. The van der Waals surface area contributed by atoms with Crippen molar-refractivity contribution in [2.24, 2.45) is 0 Å². The number of urea groups is 1. The van der Waals surface area contributed by atoms with Crippen molar-refractivity contribution in [3.05, 3.63) is 0 Å². The predicted octanol–water partition coefficient (Wildman–Crippen LogP) is 0.0159. The van der Waals surface area contributed by atoms with Crippen molar-refractivity contribution in [2.45, 2.75) is 38.3 Å². The summed E-state index contributed by atoms with van der Waals surface area (Å²) in [6.45, 7) is 2.62. The Bertz CT molecular complexity index is 270. The lowest BCUT2D eigenvalue weighted by atomic mass is 10.2. The van der Waals surface area contributed by atoms with Gasteiger partial charge in [-0.3, -0.25) is 0 Å². The highest BCUT2D eigenvalue weighted by atomic mass is 16.4. The molecule has 1 saturated heterocycles. The fourth-order valence-corrected chi connectivity index (χ4v) is 1.71. The van der Waals surface area contributed by atoms with Gasteiger partial charge in [0.05, 0.1) is 6.10 Å². The van der Waals surface area contributed by atoms with Crippen LogP contribution >= 0.6 is 0 Å². The molecule has 2 amide bonds. The molecule has 0 aromatic carbocycles. The molecule has 0 saturated carbocycles. The minimum absolute atomic E-state index is 0.282. The Morgan fingerprint density at radius 1 is 1.56 bits per heavy atom. The summed E-state index contributed by atoms with van der Waals surface area (Å²) < 4.78 is 0. The van der Waals surface area contributed by atoms with E-state index in [-0.39, 0.29) is 6.54 Å². The number of carboxylic acids is 1. The Kier molecular flexibility index (Phi) is 4.54. The molecule has 3 N–H and O–H groups in total. The van der Waals surface area contributed by atoms with Gasteiger partial charge in [-0.1, -0.05) is 13.3 Å². The predicted molar refractivity (Wildman–Crippen MR) is 57.1 cm³/mol. The smallest absolute Gasteiger partial charge is 0.326 e. The van der Waals surface area contributed by atoms with E-state index in [0.717, 1.165) is 0 Å². The molecule has 0 bridgehead atoms. The molecule has 0 aliphatic carbocycles. The summed E-state index contributed by atoms with van der Waals surface area (Å²) in [7, 11) is 0. The number of β-amino-alcohol motifs (C(OH)–C–C–N with tert-alkyl or cyclic N) is 1. The summed E-state index contributed by atoms with van der Waals surface area (Å²) in [4.78, 5) is 23.9. The van der Waals surface area contributed by atoms with Crippen molar-refractivity contribution in [1.82, 2.24) is 10.2 Å². The maximum absolute atomic E-state index is 11.6. The van der Waals surface area contributed by atoms with E-state index >= 15 is 0 Å². The molecule has 0 aromatic heterocycles. The van der Waals surface area contributed by atoms with Crippen molar-refractivity contribution in [3.8, 4) is 0 Å². The highest BCUT2D eigenvalue weighted by molar-refractivity contribution is 5.82. The molecule has 6 heteroatoms. The Balaban J connectivity index is 2.45. The van der Waals surface area contributed by atoms with Crippen LogP contribution in [0.25, 0.3) is 0 Å². The van der Waals surface area contributed by atoms with E-state index in [4.69, 9.17) is 5.11 Å². The summed E-state index contributed by atoms with van der Waals surface area (Å²) in [6, 6.07) is -1.24. The first-order valence-electron chi connectivity index (χ1n) is 5.51. The number of hydrogen-bond donors (Lipinski definition) is 3. The minimum Gasteiger partial charge on any atom is -0.480 e. The van der Waals surface area contributed by atoms with Crippen LogP contribution in [0.3, 0.4) is 0 Å². The Labute approximate surface area is 94.2 Å². The van der Waals surface area contributed by atoms with Crippen LogP contribution in [0.4, 0.5) is 4.79 Å². The number of nitrogens with one attached hydrogen (secondary N) is 1. The standard InChI is InChI=1S/C10H18N2O4/c1-2-3-8(9(14)15)11-10(16)12-5-4-7(13)6-12/h7-8,13H,2-6H2,1H3,(H,11,16)(H,14,15)/t7?,8-/m1/s1. The van der Waals surface area contributed by atoms with Gasteiger partial charge in [0.25, 0.3) is 0 Å². The molecule has 1 rings (SSSR count). The summed E-state index contributed by atoms with van der Waals surface area (Å²) in [6.07, 6.45) is 1.18. The first-order chi connectivity index (χ1) is 7.54. The zero-order valence-electron chi connectivity index (χ0n) is 9.35. The highest BCUT2D eigenvalue weighted by Gasteiger charge is 2.27. The van der Waals surface area contributed by atoms with E-state index in [2.05, 4.69) is 5.32 Å². The van der Waals surface area contributed by atoms with Crippen LogP contribution in [0.15, 0.2) is 0 Å². The largest absolute Gasteiger partial charge is 0.480 e. The highest BCUT2D eigenvalue weighted by Crippen LogP contribution is 2.09. The fraction of sp³-hybridized carbons (Fsp3) is 0.800. The zero-order chi connectivity index (χ0) is 12.1. The van der Waals surface area contributed by atoms with E-state index in [9.17, 15) is 14.7 Å². The van der Waals surface area contributed by atoms with Crippen LogP contribution < -0.4 is 5.32 Å². The Morgan fingerprint density at radius 2 is 2.25 bits per heavy atom. The van der Waals surface area contributed by atoms with Gasteiger partial charge < -0.3 is 20.4 Å². The van der Waals surface area contributed by atoms with Gasteiger partial charge in [0.2, 0.25) is 0 Å². The second-order valence-corrected chi connectivity index (χ2v) is 4.02. The van der Waals surface area contributed by atoms with Crippen molar-refractivity contribution in [1.29, 1.82) is 0 Å². The van der Waals surface area contributed by atoms with Gasteiger partial charge >= 0.3 is 12.0 Å². The van der Waals surface area contributed by atoms with E-state index in [1.54, 1.807) is 0 Å². The van der Waals surface area contributed by atoms with Crippen molar-refractivity contribution < 1.29 is 19.8 Å². The third-order valence-electron chi connectivity index (χ3n) is 2.62. The topological polar surface area (TPSA) is 89.9 Å². The average molecular weight is 230 g/mol. The molecule has 6 nitrogen and oxygen atoms in total. The molecular weight excluding hydrogens is 212 g/mol. The van der Waals surface area contributed by atoms with Crippen LogP contribution in [0.2, 0.25) is 0 Å². The molecule has 1 aliphatic rings. The molecule has 1 unspecified atom stereocenters. The molecule has 1 heterocycles. The average Bonchev–Trinajstić information content (AvgIpc) is 2.64. The van der Waals surface area contributed by atoms with Gasteiger partial charge in [0, 0.05) is 13.1 Å². The molecule has 2 atom stereocenters. The summed E-state index contributed by atoms with van der Waals surface area (Å²) >= 11 is 0. The molecule has 0 spiro atoms. The maximum atomic E-state index is 11.6. The summed E-state index contributed by atoms with van der Waals surface area (Å²) in [5.74, 6) is -1.02. The van der Waals surface area contributed by atoms with Crippen LogP contribution in [-0.4, -0.2) is 52.3 Å². The lowest BCUT2D eigenvalue weighted by molar-refractivity contribution is -0.139. The van der Waals surface area contributed by atoms with Crippen LogP contribution in [0.1, 0.15) is 26.2 Å². The maximum Gasteiger partial charge on any atom is 0.326 e. The minimum atomic E-state index is -1.02. The lowest BCUT2D eigenvalue weighted by Crippen LogP contribution is -2.47. The van der Waals surface area contributed by atoms with Gasteiger partial charge in [-0.2, -0.15) is 0 Å². The molecule has 0 radical (unpaired) electrons. The first-order valence-corrected chi connectivity index (χ1v) is 5.51. The van der Waals surface area contributed by atoms with Crippen molar-refractivity contribution in [3.63, 3.8) is 0 Å². The molecule has 92 valence electrons. The molecular formula is C10H18N2O4. The number of carbonyl (C=O) groups excluding carboxylic acids is 1. The van der Waals surface area contributed by atoms with Gasteiger partial charge in [0.15, 0.2) is 0 Å². The third kappa shape index (κ3) is 3.37. The number of carboxylic acid groups (broad SMARTS) is 1. The monoisotopic (exact) mass is 230 g/mol. The van der Waals surface area contributed by atoms with E-state index in [1.807, 2.05) is 6.92 Å². The number of hydrogen-bond acceptors (Lipinski definition) is 3. The normalized spacial score (nSPS) is 21.9. The van der Waals surface area contributed by atoms with Crippen LogP contribution in [-0.2, 0) is 4.79 Å². The summed E-state index contributed by atoms with van der Waals surface area (Å²) in [5, 5.41) is 20.6. The number of likely N-dealkylation sites (tertiary alicyclic amines) is 1. The van der Waals surface area contributed by atoms with E-state index in [0.29, 0.717) is 25.8 Å². The number of aliphatic carboxylic acids is 1. The Hall–Kier alpha value is -1.30. The fourth-order valence-electron chi connectivity index (χ4n) is 1.71. The SMILES string of the molecule is CCC[C@@H](NC(=O)N1CCC(O)C1)C(=O)O. The van der Waals surface area contributed by atoms with Crippen molar-refractivity contribution >= 4 is 12.0 Å². The molecule has 1 aliphatic heterocycles. The van der Waals surface area contributed by atoms with Gasteiger partial charge in [-0.15, -0.1) is 0 Å². The molecule has 0 aromatic rings. The number of nitrogens with zero attached hydrogens (tertiary/aromatic N) is 1. The van der Waals surface area contributed by atoms with Gasteiger partial charge in [-0.05, 0) is 12.8 Å². The third-order valence-corrected chi connectivity index (χ3v) is 2.62. The first kappa shape index (κ1) is 12.8. The quantitative estimate of drug-likeness (QED) is 0.635.